The molecule has 0 spiro atoms. The lowest BCUT2D eigenvalue weighted by atomic mass is 9.96. The maximum Gasteiger partial charge on any atom is 0.314 e. The first-order valence-corrected chi connectivity index (χ1v) is 10.5. The molecule has 2 amide bonds. The van der Waals surface area contributed by atoms with E-state index in [9.17, 15) is 4.79 Å². The van der Waals surface area contributed by atoms with Crippen molar-refractivity contribution in [3.8, 4) is 5.75 Å². The van der Waals surface area contributed by atoms with Crippen molar-refractivity contribution in [3.63, 3.8) is 0 Å². The molecule has 29 heavy (non-hydrogen) atoms. The smallest absolute Gasteiger partial charge is 0.314 e. The molecule has 0 radical (unpaired) electrons. The lowest BCUT2D eigenvalue weighted by Crippen LogP contribution is -2.42. The van der Waals surface area contributed by atoms with Gasteiger partial charge in [0.05, 0.1) is 7.11 Å². The standard InChI is InChI=1S/C23H33N3O3/c1-17-14-21(18(2)29-17)16-26-12-9-20(10-13-26)15-25-23(27)24-11-8-19-4-6-22(28-3)7-5-19/h4-7,14,20H,8-13,15-16H2,1-3H3,(H2,24,25,27). The second kappa shape index (κ2) is 10.3. The summed E-state index contributed by atoms with van der Waals surface area (Å²) in [7, 11) is 1.66. The minimum Gasteiger partial charge on any atom is -0.497 e. The largest absolute Gasteiger partial charge is 0.497 e. The van der Waals surface area contributed by atoms with E-state index in [-0.39, 0.29) is 6.03 Å². The number of amides is 2. The summed E-state index contributed by atoms with van der Waals surface area (Å²) in [6.45, 7) is 8.48. The number of aryl methyl sites for hydroxylation is 2. The molecule has 2 heterocycles. The number of nitrogens with one attached hydrogen (secondary N) is 2. The molecule has 6 nitrogen and oxygen atoms in total. The van der Waals surface area contributed by atoms with E-state index >= 15 is 0 Å². The van der Waals surface area contributed by atoms with Crippen LogP contribution in [0.25, 0.3) is 0 Å². The van der Waals surface area contributed by atoms with Crippen molar-refractivity contribution in [2.75, 3.05) is 33.3 Å². The third kappa shape index (κ3) is 6.53. The number of furan rings is 1. The summed E-state index contributed by atoms with van der Waals surface area (Å²) in [6, 6.07) is 10.00. The molecule has 0 unspecified atom stereocenters. The highest BCUT2D eigenvalue weighted by Crippen LogP contribution is 2.21. The monoisotopic (exact) mass is 399 g/mol. The van der Waals surface area contributed by atoms with Gasteiger partial charge >= 0.3 is 6.03 Å². The van der Waals surface area contributed by atoms with E-state index in [1.165, 1.54) is 11.1 Å². The van der Waals surface area contributed by atoms with Gasteiger partial charge in [0.1, 0.15) is 17.3 Å². The van der Waals surface area contributed by atoms with Gasteiger partial charge in [-0.15, -0.1) is 0 Å². The minimum atomic E-state index is -0.0783. The van der Waals surface area contributed by atoms with Crippen molar-refractivity contribution in [3.05, 3.63) is 53.0 Å². The van der Waals surface area contributed by atoms with Crippen LogP contribution in [-0.4, -0.2) is 44.2 Å². The van der Waals surface area contributed by atoms with Gasteiger partial charge in [0.15, 0.2) is 0 Å². The first kappa shape index (κ1) is 21.2. The summed E-state index contributed by atoms with van der Waals surface area (Å²) in [4.78, 5) is 14.5. The van der Waals surface area contributed by atoms with Crippen LogP contribution in [0.3, 0.4) is 0 Å². The van der Waals surface area contributed by atoms with Gasteiger partial charge in [0, 0.05) is 25.2 Å². The molecule has 1 aromatic carbocycles. The Bertz CT molecular complexity index is 777. The van der Waals surface area contributed by atoms with E-state index in [1.54, 1.807) is 7.11 Å². The molecule has 3 rings (SSSR count). The number of carbonyl (C=O) groups excluding carboxylic acids is 1. The Morgan fingerprint density at radius 1 is 1.17 bits per heavy atom. The molecule has 1 saturated heterocycles. The molecular weight excluding hydrogens is 366 g/mol. The molecule has 0 atom stereocenters. The lowest BCUT2D eigenvalue weighted by Gasteiger charge is -2.31. The Hall–Kier alpha value is -2.47. The zero-order chi connectivity index (χ0) is 20.6. The zero-order valence-electron chi connectivity index (χ0n) is 17.8. The van der Waals surface area contributed by atoms with E-state index < -0.39 is 0 Å². The predicted molar refractivity (Wildman–Crippen MR) is 114 cm³/mol. The van der Waals surface area contributed by atoms with Crippen LogP contribution in [0.2, 0.25) is 0 Å². The molecule has 1 aliphatic rings. The second-order valence-corrected chi connectivity index (χ2v) is 7.89. The summed E-state index contributed by atoms with van der Waals surface area (Å²) < 4.78 is 10.8. The minimum absolute atomic E-state index is 0.0783. The topological polar surface area (TPSA) is 66.7 Å². The molecule has 158 valence electrons. The highest BCUT2D eigenvalue weighted by Gasteiger charge is 2.20. The molecule has 2 aromatic rings. The number of hydrogen-bond donors (Lipinski definition) is 2. The number of likely N-dealkylation sites (tertiary alicyclic amines) is 1. The quantitative estimate of drug-likeness (QED) is 0.711. The van der Waals surface area contributed by atoms with Crippen LogP contribution in [0.15, 0.2) is 34.7 Å². The van der Waals surface area contributed by atoms with Crippen LogP contribution < -0.4 is 15.4 Å². The molecule has 1 aliphatic heterocycles. The van der Waals surface area contributed by atoms with E-state index in [0.29, 0.717) is 12.5 Å². The van der Waals surface area contributed by atoms with Crippen LogP contribution in [-0.2, 0) is 13.0 Å². The maximum absolute atomic E-state index is 12.1. The number of ether oxygens (including phenoxy) is 1. The van der Waals surface area contributed by atoms with Crippen molar-refractivity contribution in [1.82, 2.24) is 15.5 Å². The van der Waals surface area contributed by atoms with Gasteiger partial charge < -0.3 is 19.8 Å². The lowest BCUT2D eigenvalue weighted by molar-refractivity contribution is 0.174. The third-order valence-corrected chi connectivity index (χ3v) is 5.65. The van der Waals surface area contributed by atoms with E-state index in [1.807, 2.05) is 38.1 Å². The first-order valence-electron chi connectivity index (χ1n) is 10.5. The number of hydrogen-bond acceptors (Lipinski definition) is 4. The average Bonchev–Trinajstić information content (AvgIpc) is 3.04. The Labute approximate surface area is 173 Å². The number of piperidine rings is 1. The SMILES string of the molecule is COc1ccc(CCNC(=O)NCC2CCN(Cc3cc(C)oc3C)CC2)cc1. The van der Waals surface area contributed by atoms with Crippen molar-refractivity contribution >= 4 is 6.03 Å². The van der Waals surface area contributed by atoms with Crippen molar-refractivity contribution in [1.29, 1.82) is 0 Å². The first-order chi connectivity index (χ1) is 14.0. The Kier molecular flexibility index (Phi) is 7.58. The number of methoxy groups -OCH3 is 1. The highest BCUT2D eigenvalue weighted by atomic mass is 16.5. The van der Waals surface area contributed by atoms with E-state index in [0.717, 1.165) is 62.7 Å². The number of rotatable bonds is 8. The third-order valence-electron chi connectivity index (χ3n) is 5.65. The van der Waals surface area contributed by atoms with Gasteiger partial charge in [-0.2, -0.15) is 0 Å². The highest BCUT2D eigenvalue weighted by molar-refractivity contribution is 5.73. The van der Waals surface area contributed by atoms with Crippen molar-refractivity contribution in [2.45, 2.75) is 39.7 Å². The molecule has 0 bridgehead atoms. The average molecular weight is 400 g/mol. The van der Waals surface area contributed by atoms with Crippen LogP contribution in [0.1, 0.15) is 35.5 Å². The molecule has 1 aromatic heterocycles. The summed E-state index contributed by atoms with van der Waals surface area (Å²) in [5, 5.41) is 5.98. The summed E-state index contributed by atoms with van der Waals surface area (Å²) in [5.74, 6) is 3.40. The normalized spacial score (nSPS) is 15.3. The Morgan fingerprint density at radius 2 is 1.90 bits per heavy atom. The van der Waals surface area contributed by atoms with Gasteiger partial charge in [0.25, 0.3) is 0 Å². The number of carbonyl (C=O) groups is 1. The van der Waals surface area contributed by atoms with Gasteiger partial charge in [-0.3, -0.25) is 4.90 Å². The van der Waals surface area contributed by atoms with Crippen LogP contribution >= 0.6 is 0 Å². The van der Waals surface area contributed by atoms with Crippen molar-refractivity contribution in [2.24, 2.45) is 5.92 Å². The Morgan fingerprint density at radius 3 is 2.52 bits per heavy atom. The molecule has 0 aliphatic carbocycles. The fourth-order valence-corrected chi connectivity index (χ4v) is 3.84. The van der Waals surface area contributed by atoms with Crippen LogP contribution in [0, 0.1) is 19.8 Å². The second-order valence-electron chi connectivity index (χ2n) is 7.89. The Balaban J connectivity index is 1.29. The molecule has 1 fully saturated rings. The van der Waals surface area contributed by atoms with E-state index in [4.69, 9.17) is 9.15 Å². The molecule has 6 heteroatoms. The fraction of sp³-hybridized carbons (Fsp3) is 0.522. The van der Waals surface area contributed by atoms with Gasteiger partial charge in [-0.25, -0.2) is 4.79 Å². The molecule has 2 N–H and O–H groups in total. The number of urea groups is 1. The van der Waals surface area contributed by atoms with Crippen LogP contribution in [0.4, 0.5) is 4.79 Å². The van der Waals surface area contributed by atoms with Gasteiger partial charge in [-0.05, 0) is 75.9 Å². The summed E-state index contributed by atoms with van der Waals surface area (Å²) >= 11 is 0. The van der Waals surface area contributed by atoms with Gasteiger partial charge in [-0.1, -0.05) is 12.1 Å². The zero-order valence-corrected chi connectivity index (χ0v) is 17.8. The predicted octanol–water partition coefficient (Wildman–Crippen LogP) is 3.66. The fourth-order valence-electron chi connectivity index (χ4n) is 3.84. The van der Waals surface area contributed by atoms with Crippen molar-refractivity contribution < 1.29 is 13.9 Å². The molecule has 0 saturated carbocycles. The summed E-state index contributed by atoms with van der Waals surface area (Å²) in [5.41, 5.74) is 2.47. The van der Waals surface area contributed by atoms with Crippen LogP contribution in [0.5, 0.6) is 5.75 Å². The maximum atomic E-state index is 12.1. The number of nitrogens with zero attached hydrogens (tertiary/aromatic N) is 1. The molecular formula is C23H33N3O3. The van der Waals surface area contributed by atoms with E-state index in [2.05, 4.69) is 21.6 Å². The summed E-state index contributed by atoms with van der Waals surface area (Å²) in [6.07, 6.45) is 3.03. The number of benzene rings is 1. The van der Waals surface area contributed by atoms with Gasteiger partial charge in [0.2, 0.25) is 0 Å².